The highest BCUT2D eigenvalue weighted by Gasteiger charge is 2.40. The predicted octanol–water partition coefficient (Wildman–Crippen LogP) is 4.37. The lowest BCUT2D eigenvalue weighted by molar-refractivity contribution is -0.152. The van der Waals surface area contributed by atoms with Crippen LogP contribution >= 0.6 is 0 Å². The summed E-state index contributed by atoms with van der Waals surface area (Å²) < 4.78 is 0. The van der Waals surface area contributed by atoms with Crippen LogP contribution in [0.1, 0.15) is 92.6 Å². The van der Waals surface area contributed by atoms with Crippen molar-refractivity contribution in [2.75, 3.05) is 34.2 Å². The number of hydrogen-bond donors (Lipinski definition) is 1. The predicted molar refractivity (Wildman–Crippen MR) is 186 cm³/mol. The molecule has 0 aromatic heterocycles. The van der Waals surface area contributed by atoms with E-state index in [0.29, 0.717) is 32.4 Å². The van der Waals surface area contributed by atoms with Crippen molar-refractivity contribution in [3.8, 4) is 0 Å². The molecule has 0 radical (unpaired) electrons. The molecule has 1 heterocycles. The van der Waals surface area contributed by atoms with Gasteiger partial charge in [0.25, 0.3) is 0 Å². The van der Waals surface area contributed by atoms with Gasteiger partial charge in [-0.05, 0) is 55.4 Å². The molecule has 1 fully saturated rings. The van der Waals surface area contributed by atoms with Gasteiger partial charge in [0.15, 0.2) is 0 Å². The third kappa shape index (κ3) is 11.4. The van der Waals surface area contributed by atoms with Crippen LogP contribution in [0.2, 0.25) is 0 Å². The second-order valence-corrected chi connectivity index (χ2v) is 14.3. The van der Waals surface area contributed by atoms with Gasteiger partial charge >= 0.3 is 0 Å². The average Bonchev–Trinajstić information content (AvgIpc) is 3.05. The number of piperidine rings is 1. The van der Waals surface area contributed by atoms with Gasteiger partial charge in [0, 0.05) is 47.6 Å². The lowest BCUT2D eigenvalue weighted by atomic mass is 9.94. The van der Waals surface area contributed by atoms with Crippen molar-refractivity contribution in [1.82, 2.24) is 24.9 Å². The fourth-order valence-electron chi connectivity index (χ4n) is 6.23. The van der Waals surface area contributed by atoms with E-state index in [4.69, 9.17) is 0 Å². The molecular formula is C37H61N5O5. The molecule has 1 saturated heterocycles. The molecule has 1 aromatic rings. The number of likely N-dealkylation sites (tertiary alicyclic amines) is 1. The summed E-state index contributed by atoms with van der Waals surface area (Å²) in [6, 6.07) is 6.33. The third-order valence-corrected chi connectivity index (χ3v) is 9.57. The first kappa shape index (κ1) is 39.7. The van der Waals surface area contributed by atoms with Crippen molar-refractivity contribution in [3.05, 3.63) is 35.9 Å². The standard InChI is InChI=1S/C37H61N5O5/c1-11-27(6)33(37(47)42-20-16-13-17-21-42)38-34(44)30(22-25(2)3)40(9)35(45)31(23-26(4)5)41(10)36(46)32(39(8)28(7)43)24-29-18-14-12-15-19-29/h12,14-15,18-19,25-27,30-33H,11,13,16-17,20-24H2,1-10H3,(H,38,44)/t27-,30-,31-,32-,33-/m0/s1. The van der Waals surface area contributed by atoms with Crippen LogP contribution in [0.15, 0.2) is 30.3 Å². The number of hydrogen-bond acceptors (Lipinski definition) is 5. The fourth-order valence-corrected chi connectivity index (χ4v) is 6.23. The Hall–Kier alpha value is -3.43. The number of amides is 5. The zero-order chi connectivity index (χ0) is 35.4. The van der Waals surface area contributed by atoms with E-state index in [0.717, 1.165) is 31.2 Å². The van der Waals surface area contributed by atoms with E-state index in [2.05, 4.69) is 5.32 Å². The van der Waals surface area contributed by atoms with Crippen LogP contribution in [0, 0.1) is 17.8 Å². The van der Waals surface area contributed by atoms with E-state index in [1.165, 1.54) is 21.6 Å². The summed E-state index contributed by atoms with van der Waals surface area (Å²) in [4.78, 5) is 74.9. The van der Waals surface area contributed by atoms with Crippen LogP contribution in [-0.4, -0.2) is 108 Å². The van der Waals surface area contributed by atoms with Gasteiger partial charge < -0.3 is 24.9 Å². The van der Waals surface area contributed by atoms with E-state index in [-0.39, 0.29) is 47.3 Å². The Morgan fingerprint density at radius 3 is 1.77 bits per heavy atom. The quantitative estimate of drug-likeness (QED) is 0.285. The van der Waals surface area contributed by atoms with E-state index < -0.39 is 24.2 Å². The number of rotatable bonds is 16. The molecule has 264 valence electrons. The summed E-state index contributed by atoms with van der Waals surface area (Å²) in [6.07, 6.45) is 4.81. The number of likely N-dealkylation sites (N-methyl/N-ethyl adjacent to an activating group) is 3. The second-order valence-electron chi connectivity index (χ2n) is 14.3. The van der Waals surface area contributed by atoms with E-state index >= 15 is 0 Å². The van der Waals surface area contributed by atoms with Gasteiger partial charge in [-0.15, -0.1) is 0 Å². The molecule has 0 saturated carbocycles. The molecule has 5 amide bonds. The van der Waals surface area contributed by atoms with Gasteiger partial charge in [0.05, 0.1) is 0 Å². The van der Waals surface area contributed by atoms with Crippen molar-refractivity contribution >= 4 is 29.5 Å². The zero-order valence-corrected chi connectivity index (χ0v) is 30.6. The molecule has 0 spiro atoms. The highest BCUT2D eigenvalue weighted by Crippen LogP contribution is 2.22. The first-order chi connectivity index (χ1) is 22.1. The summed E-state index contributed by atoms with van der Waals surface area (Å²) in [5.41, 5.74) is 0.903. The maximum Gasteiger partial charge on any atom is 0.246 e. The Kier molecular flexibility index (Phi) is 15.9. The fraction of sp³-hybridized carbons (Fsp3) is 0.703. The summed E-state index contributed by atoms with van der Waals surface area (Å²) >= 11 is 0. The van der Waals surface area contributed by atoms with E-state index in [1.54, 1.807) is 21.1 Å². The molecule has 0 unspecified atom stereocenters. The Bertz CT molecular complexity index is 1180. The minimum absolute atomic E-state index is 0.0632. The van der Waals surface area contributed by atoms with Crippen LogP contribution in [0.25, 0.3) is 0 Å². The zero-order valence-electron chi connectivity index (χ0n) is 30.6. The normalized spacial score (nSPS) is 16.6. The van der Waals surface area contributed by atoms with Crippen LogP contribution in [0.5, 0.6) is 0 Å². The molecule has 2 rings (SSSR count). The van der Waals surface area contributed by atoms with Gasteiger partial charge in [-0.2, -0.15) is 0 Å². The highest BCUT2D eigenvalue weighted by molar-refractivity contribution is 5.95. The molecule has 5 atom stereocenters. The molecule has 1 aliphatic heterocycles. The molecule has 47 heavy (non-hydrogen) atoms. The van der Waals surface area contributed by atoms with Crippen molar-refractivity contribution in [3.63, 3.8) is 0 Å². The molecule has 0 bridgehead atoms. The molecule has 0 aliphatic carbocycles. The van der Waals surface area contributed by atoms with Gasteiger partial charge in [-0.3, -0.25) is 24.0 Å². The molecule has 1 aromatic carbocycles. The van der Waals surface area contributed by atoms with Gasteiger partial charge in [-0.25, -0.2) is 0 Å². The largest absolute Gasteiger partial charge is 0.342 e. The summed E-state index contributed by atoms with van der Waals surface area (Å²) in [5.74, 6) is -1.28. The Labute approximate surface area is 283 Å². The van der Waals surface area contributed by atoms with E-state index in [9.17, 15) is 24.0 Å². The highest BCUT2D eigenvalue weighted by atomic mass is 16.2. The Morgan fingerprint density at radius 1 is 0.745 bits per heavy atom. The van der Waals surface area contributed by atoms with Crippen LogP contribution in [0.4, 0.5) is 0 Å². The summed E-state index contributed by atoms with van der Waals surface area (Å²) in [6.45, 7) is 14.8. The second kappa shape index (κ2) is 18.8. The average molecular weight is 656 g/mol. The SMILES string of the molecule is CC[C@H](C)[C@H](NC(=O)[C@H](CC(C)C)N(C)C(=O)[C@H](CC(C)C)N(C)C(=O)[C@H](Cc1ccccc1)N(C)C(C)=O)C(=O)N1CCCCC1. The first-order valence-electron chi connectivity index (χ1n) is 17.5. The third-order valence-electron chi connectivity index (χ3n) is 9.57. The number of carbonyl (C=O) groups is 5. The van der Waals surface area contributed by atoms with Crippen LogP contribution in [0.3, 0.4) is 0 Å². The lowest BCUT2D eigenvalue weighted by Crippen LogP contribution is -2.60. The van der Waals surface area contributed by atoms with Crippen molar-refractivity contribution in [2.24, 2.45) is 17.8 Å². The molecule has 10 heteroatoms. The maximum absolute atomic E-state index is 14.4. The van der Waals surface area contributed by atoms with Crippen molar-refractivity contribution in [1.29, 1.82) is 0 Å². The minimum atomic E-state index is -0.853. The van der Waals surface area contributed by atoms with Gasteiger partial charge in [0.2, 0.25) is 29.5 Å². The molecule has 1 aliphatic rings. The number of nitrogens with zero attached hydrogens (tertiary/aromatic N) is 4. The van der Waals surface area contributed by atoms with Crippen molar-refractivity contribution < 1.29 is 24.0 Å². The van der Waals surface area contributed by atoms with Crippen LogP contribution in [-0.2, 0) is 30.4 Å². The Balaban J connectivity index is 2.40. The Morgan fingerprint density at radius 2 is 1.26 bits per heavy atom. The van der Waals surface area contributed by atoms with Crippen molar-refractivity contribution in [2.45, 2.75) is 118 Å². The number of nitrogens with one attached hydrogen (secondary N) is 1. The minimum Gasteiger partial charge on any atom is -0.342 e. The molecular weight excluding hydrogens is 594 g/mol. The topological polar surface area (TPSA) is 110 Å². The number of carbonyl (C=O) groups excluding carboxylic acids is 5. The van der Waals surface area contributed by atoms with E-state index in [1.807, 2.05) is 76.8 Å². The maximum atomic E-state index is 14.4. The van der Waals surface area contributed by atoms with Crippen LogP contribution < -0.4 is 5.32 Å². The van der Waals surface area contributed by atoms with Gasteiger partial charge in [0.1, 0.15) is 24.2 Å². The lowest BCUT2D eigenvalue weighted by Gasteiger charge is -2.39. The summed E-state index contributed by atoms with van der Waals surface area (Å²) in [7, 11) is 4.84. The monoisotopic (exact) mass is 655 g/mol. The first-order valence-corrected chi connectivity index (χ1v) is 17.5. The smallest absolute Gasteiger partial charge is 0.246 e. The van der Waals surface area contributed by atoms with Gasteiger partial charge in [-0.1, -0.05) is 78.3 Å². The summed E-state index contributed by atoms with van der Waals surface area (Å²) in [5, 5.41) is 3.06. The molecule has 10 nitrogen and oxygen atoms in total. The number of benzene rings is 1. The molecule has 1 N–H and O–H groups in total.